The Bertz CT molecular complexity index is 711. The number of carbonyl (C=O) groups excluding carboxylic acids is 5. The third-order valence-corrected chi connectivity index (χ3v) is 3.55. The molecule has 0 aliphatic heterocycles. The Kier molecular flexibility index (Phi) is 11.1. The van der Waals surface area contributed by atoms with Crippen LogP contribution in [0.5, 0.6) is 0 Å². The van der Waals surface area contributed by atoms with Crippen LogP contribution in [0.3, 0.4) is 0 Å². The van der Waals surface area contributed by atoms with Gasteiger partial charge in [0.05, 0.1) is 19.4 Å². The second-order valence-electron chi connectivity index (χ2n) is 6.06. The number of carbonyl (C=O) groups is 7. The van der Waals surface area contributed by atoms with Crippen molar-refractivity contribution in [2.45, 2.75) is 43.8 Å². The van der Waals surface area contributed by atoms with E-state index in [1.54, 1.807) is 0 Å². The molecular weight excluding hydrogens is 408 g/mol. The number of nitrogens with two attached hydrogens (primary N) is 3. The number of amides is 5. The molecule has 0 saturated heterocycles. The fourth-order valence-electron chi connectivity index (χ4n) is 2.14. The molecule has 30 heavy (non-hydrogen) atoms. The third-order valence-electron chi connectivity index (χ3n) is 3.55. The van der Waals surface area contributed by atoms with Crippen molar-refractivity contribution in [1.29, 1.82) is 0 Å². The monoisotopic (exact) mass is 432 g/mol. The summed E-state index contributed by atoms with van der Waals surface area (Å²) in [6.45, 7) is -0.526. The Labute approximate surface area is 169 Å². The van der Waals surface area contributed by atoms with E-state index in [9.17, 15) is 33.6 Å². The summed E-state index contributed by atoms with van der Waals surface area (Å²) in [4.78, 5) is 80.2. The maximum Gasteiger partial charge on any atom is 0.326 e. The van der Waals surface area contributed by atoms with Gasteiger partial charge in [-0.15, -0.1) is 0 Å². The molecule has 0 spiro atoms. The normalized spacial score (nSPS) is 13.2. The summed E-state index contributed by atoms with van der Waals surface area (Å²) >= 11 is 0. The van der Waals surface area contributed by atoms with Crippen LogP contribution in [-0.2, 0) is 33.6 Å². The first kappa shape index (κ1) is 26.2. The van der Waals surface area contributed by atoms with E-state index in [0.717, 1.165) is 0 Å². The standard InChI is InChI=1S/C15H24N6O9/c16-5-11(24)19-7(3-10(18)23)13(27)21-8(4-12(25)26)14(28)20-6(15(29)30)1-2-9(17)22/h6-8H,1-5,16H2,(H2,17,22)(H2,18,23)(H,19,24)(H,20,28)(H,21,27)(H,25,26)(H,29,30). The van der Waals surface area contributed by atoms with Crippen molar-refractivity contribution in [3.05, 3.63) is 0 Å². The van der Waals surface area contributed by atoms with Gasteiger partial charge in [0.15, 0.2) is 0 Å². The number of hydrogen-bond donors (Lipinski definition) is 8. The summed E-state index contributed by atoms with van der Waals surface area (Å²) in [6, 6.07) is -4.90. The highest BCUT2D eigenvalue weighted by atomic mass is 16.4. The molecular formula is C15H24N6O9. The van der Waals surface area contributed by atoms with Crippen LogP contribution >= 0.6 is 0 Å². The Morgan fingerprint density at radius 2 is 1.23 bits per heavy atom. The number of nitrogens with one attached hydrogen (secondary N) is 3. The SMILES string of the molecule is NCC(=O)NC(CC(N)=O)C(=O)NC(CC(=O)O)C(=O)NC(CCC(N)=O)C(=O)O. The van der Waals surface area contributed by atoms with E-state index in [0.29, 0.717) is 0 Å². The molecule has 0 aromatic rings. The predicted molar refractivity (Wildman–Crippen MR) is 97.0 cm³/mol. The molecule has 15 heteroatoms. The van der Waals surface area contributed by atoms with E-state index in [1.807, 2.05) is 10.6 Å². The molecule has 0 saturated carbocycles. The summed E-state index contributed by atoms with van der Waals surface area (Å²) in [5.41, 5.74) is 15.0. The maximum atomic E-state index is 12.3. The molecule has 3 atom stereocenters. The van der Waals surface area contributed by atoms with E-state index in [4.69, 9.17) is 27.4 Å². The molecule has 0 heterocycles. The molecule has 0 radical (unpaired) electrons. The number of rotatable bonds is 14. The second-order valence-corrected chi connectivity index (χ2v) is 6.06. The summed E-state index contributed by atoms with van der Waals surface area (Å²) in [5, 5.41) is 24.2. The number of aliphatic carboxylic acids is 2. The number of primary amides is 2. The van der Waals surface area contributed by atoms with Gasteiger partial charge >= 0.3 is 11.9 Å². The predicted octanol–water partition coefficient (Wildman–Crippen LogP) is -4.90. The van der Waals surface area contributed by atoms with Crippen molar-refractivity contribution in [3.8, 4) is 0 Å². The quantitative estimate of drug-likeness (QED) is 0.129. The van der Waals surface area contributed by atoms with Gasteiger partial charge in [0.1, 0.15) is 18.1 Å². The zero-order chi connectivity index (χ0) is 23.4. The summed E-state index contributed by atoms with van der Waals surface area (Å²) in [6.07, 6.45) is -2.37. The zero-order valence-electron chi connectivity index (χ0n) is 15.8. The molecule has 11 N–H and O–H groups in total. The van der Waals surface area contributed by atoms with Gasteiger partial charge in [0.25, 0.3) is 0 Å². The van der Waals surface area contributed by atoms with Crippen LogP contribution in [0.2, 0.25) is 0 Å². The topological polar surface area (TPSA) is 274 Å². The maximum absolute atomic E-state index is 12.3. The van der Waals surface area contributed by atoms with E-state index in [-0.39, 0.29) is 12.8 Å². The molecule has 0 aromatic carbocycles. The summed E-state index contributed by atoms with van der Waals surface area (Å²) < 4.78 is 0. The minimum atomic E-state index is -1.77. The third kappa shape index (κ3) is 10.5. The van der Waals surface area contributed by atoms with Crippen molar-refractivity contribution >= 4 is 41.5 Å². The number of carboxylic acid groups (broad SMARTS) is 2. The lowest BCUT2D eigenvalue weighted by molar-refractivity contribution is -0.144. The Morgan fingerprint density at radius 3 is 1.63 bits per heavy atom. The molecule has 5 amide bonds. The van der Waals surface area contributed by atoms with Crippen LogP contribution in [0, 0.1) is 0 Å². The van der Waals surface area contributed by atoms with Crippen molar-refractivity contribution in [2.75, 3.05) is 6.54 Å². The van der Waals surface area contributed by atoms with Gasteiger partial charge in [-0.1, -0.05) is 0 Å². The lowest BCUT2D eigenvalue weighted by atomic mass is 10.1. The summed E-state index contributed by atoms with van der Waals surface area (Å²) in [5.74, 6) is -7.98. The molecule has 3 unspecified atom stereocenters. The molecule has 0 aliphatic carbocycles. The first-order chi connectivity index (χ1) is 13.9. The molecule has 0 aliphatic rings. The largest absolute Gasteiger partial charge is 0.481 e. The lowest BCUT2D eigenvalue weighted by Crippen LogP contribution is -2.57. The zero-order valence-corrected chi connectivity index (χ0v) is 15.8. The van der Waals surface area contributed by atoms with Crippen LogP contribution in [-0.4, -0.2) is 76.4 Å². The van der Waals surface area contributed by atoms with Gasteiger partial charge in [0, 0.05) is 6.42 Å². The average Bonchev–Trinajstić information content (AvgIpc) is 2.62. The van der Waals surface area contributed by atoms with E-state index in [1.165, 1.54) is 0 Å². The molecule has 168 valence electrons. The molecule has 0 rings (SSSR count). The molecule has 15 nitrogen and oxygen atoms in total. The van der Waals surface area contributed by atoms with Gasteiger partial charge in [-0.25, -0.2) is 4.79 Å². The Morgan fingerprint density at radius 1 is 0.733 bits per heavy atom. The Hall–Kier alpha value is -3.75. The van der Waals surface area contributed by atoms with Crippen LogP contribution in [0.25, 0.3) is 0 Å². The molecule has 0 fully saturated rings. The number of carboxylic acids is 2. The minimum absolute atomic E-state index is 0.374. The fourth-order valence-corrected chi connectivity index (χ4v) is 2.14. The molecule has 0 aromatic heterocycles. The minimum Gasteiger partial charge on any atom is -0.481 e. The highest BCUT2D eigenvalue weighted by Gasteiger charge is 2.31. The van der Waals surface area contributed by atoms with Crippen LogP contribution < -0.4 is 33.2 Å². The first-order valence-corrected chi connectivity index (χ1v) is 8.48. The van der Waals surface area contributed by atoms with Gasteiger partial charge in [-0.2, -0.15) is 0 Å². The van der Waals surface area contributed by atoms with E-state index >= 15 is 0 Å². The smallest absolute Gasteiger partial charge is 0.326 e. The van der Waals surface area contributed by atoms with Gasteiger partial charge < -0.3 is 43.4 Å². The highest BCUT2D eigenvalue weighted by Crippen LogP contribution is 2.02. The highest BCUT2D eigenvalue weighted by molar-refractivity contribution is 5.96. The Balaban J connectivity index is 5.41. The van der Waals surface area contributed by atoms with Gasteiger partial charge in [0.2, 0.25) is 29.5 Å². The van der Waals surface area contributed by atoms with Crippen molar-refractivity contribution in [3.63, 3.8) is 0 Å². The van der Waals surface area contributed by atoms with Gasteiger partial charge in [-0.3, -0.25) is 28.8 Å². The summed E-state index contributed by atoms with van der Waals surface area (Å²) in [7, 11) is 0. The van der Waals surface area contributed by atoms with Gasteiger partial charge in [-0.05, 0) is 6.42 Å². The average molecular weight is 432 g/mol. The fraction of sp³-hybridized carbons (Fsp3) is 0.533. The van der Waals surface area contributed by atoms with E-state index in [2.05, 4.69) is 5.32 Å². The van der Waals surface area contributed by atoms with Crippen molar-refractivity contribution < 1.29 is 43.8 Å². The number of hydrogen-bond acceptors (Lipinski definition) is 8. The van der Waals surface area contributed by atoms with E-state index < -0.39 is 79.0 Å². The van der Waals surface area contributed by atoms with Crippen molar-refractivity contribution in [1.82, 2.24) is 16.0 Å². The molecule has 0 bridgehead atoms. The first-order valence-electron chi connectivity index (χ1n) is 8.48. The van der Waals surface area contributed by atoms with Crippen LogP contribution in [0.1, 0.15) is 25.7 Å². The van der Waals surface area contributed by atoms with Crippen LogP contribution in [0.15, 0.2) is 0 Å². The lowest BCUT2D eigenvalue weighted by Gasteiger charge is -2.23. The van der Waals surface area contributed by atoms with Crippen molar-refractivity contribution in [2.24, 2.45) is 17.2 Å². The second kappa shape index (κ2) is 12.7. The van der Waals surface area contributed by atoms with Crippen LogP contribution in [0.4, 0.5) is 0 Å².